The van der Waals surface area contributed by atoms with E-state index in [0.29, 0.717) is 17.7 Å². The standard InChI is InChI=1S/C17H18N4O3/c1-3-23-17(22)14-13-15(19-10-20-16(13)24-21-14)18-9-8-12-6-4-11(2)5-7-12/h4-7,10H,3,8-9H2,1-2H3,(H,18,19,20). The second-order valence-electron chi connectivity index (χ2n) is 5.32. The van der Waals surface area contributed by atoms with Crippen molar-refractivity contribution in [2.24, 2.45) is 0 Å². The van der Waals surface area contributed by atoms with Crippen LogP contribution in [-0.4, -0.2) is 34.2 Å². The smallest absolute Gasteiger partial charge is 0.361 e. The molecule has 0 aliphatic rings. The van der Waals surface area contributed by atoms with Gasteiger partial charge in [-0.1, -0.05) is 35.0 Å². The molecule has 3 rings (SSSR count). The Morgan fingerprint density at radius 1 is 1.25 bits per heavy atom. The van der Waals surface area contributed by atoms with Gasteiger partial charge in [-0.2, -0.15) is 4.98 Å². The van der Waals surface area contributed by atoms with Gasteiger partial charge in [-0.05, 0) is 25.8 Å². The number of fused-ring (bicyclic) bond motifs is 1. The summed E-state index contributed by atoms with van der Waals surface area (Å²) in [5, 5.41) is 7.42. The highest BCUT2D eigenvalue weighted by Gasteiger charge is 2.21. The minimum atomic E-state index is -0.548. The molecule has 2 heterocycles. The summed E-state index contributed by atoms with van der Waals surface area (Å²) in [6.07, 6.45) is 2.20. The number of hydrogen-bond acceptors (Lipinski definition) is 7. The van der Waals surface area contributed by atoms with Crippen LogP contribution in [0, 0.1) is 6.92 Å². The molecule has 0 unspecified atom stereocenters. The predicted molar refractivity (Wildman–Crippen MR) is 88.9 cm³/mol. The first-order valence-electron chi connectivity index (χ1n) is 7.76. The Hall–Kier alpha value is -2.96. The zero-order valence-corrected chi connectivity index (χ0v) is 13.6. The minimum absolute atomic E-state index is 0.0882. The van der Waals surface area contributed by atoms with Crippen LogP contribution >= 0.6 is 0 Å². The van der Waals surface area contributed by atoms with Gasteiger partial charge in [0.25, 0.3) is 5.71 Å². The van der Waals surface area contributed by atoms with Gasteiger partial charge in [-0.3, -0.25) is 0 Å². The van der Waals surface area contributed by atoms with Crippen molar-refractivity contribution < 1.29 is 14.1 Å². The van der Waals surface area contributed by atoms with Gasteiger partial charge in [0.2, 0.25) is 5.69 Å². The van der Waals surface area contributed by atoms with E-state index in [4.69, 9.17) is 9.26 Å². The van der Waals surface area contributed by atoms with E-state index in [0.717, 1.165) is 6.42 Å². The first-order chi connectivity index (χ1) is 11.7. The van der Waals surface area contributed by atoms with Gasteiger partial charge in [0.05, 0.1) is 6.61 Å². The van der Waals surface area contributed by atoms with Crippen LogP contribution in [0.25, 0.3) is 11.1 Å². The van der Waals surface area contributed by atoms with E-state index < -0.39 is 5.97 Å². The number of esters is 1. The highest BCUT2D eigenvalue weighted by Crippen LogP contribution is 2.23. The second-order valence-corrected chi connectivity index (χ2v) is 5.32. The minimum Gasteiger partial charge on any atom is -0.461 e. The Morgan fingerprint density at radius 2 is 2.04 bits per heavy atom. The molecule has 0 atom stereocenters. The molecule has 0 saturated carbocycles. The molecule has 2 aromatic heterocycles. The summed E-state index contributed by atoms with van der Waals surface area (Å²) in [5.41, 5.74) is 2.79. The van der Waals surface area contributed by atoms with Crippen LogP contribution in [0.15, 0.2) is 35.1 Å². The number of aryl methyl sites for hydroxylation is 1. The largest absolute Gasteiger partial charge is 0.461 e. The topological polar surface area (TPSA) is 90.1 Å². The van der Waals surface area contributed by atoms with Gasteiger partial charge >= 0.3 is 5.97 Å². The SMILES string of the molecule is CCOC(=O)c1noc2ncnc(NCCc3ccc(C)cc3)c12. The van der Waals surface area contributed by atoms with Crippen molar-refractivity contribution in [2.45, 2.75) is 20.3 Å². The number of aromatic nitrogens is 3. The molecule has 0 spiro atoms. The number of carbonyl (C=O) groups excluding carboxylic acids is 1. The molecule has 0 amide bonds. The third-order valence-electron chi connectivity index (χ3n) is 3.57. The monoisotopic (exact) mass is 326 g/mol. The maximum Gasteiger partial charge on any atom is 0.361 e. The molecule has 0 bridgehead atoms. The van der Waals surface area contributed by atoms with Crippen LogP contribution in [-0.2, 0) is 11.2 Å². The number of rotatable bonds is 6. The molecule has 3 aromatic rings. The van der Waals surface area contributed by atoms with Crippen LogP contribution < -0.4 is 5.32 Å². The van der Waals surface area contributed by atoms with Gasteiger partial charge < -0.3 is 14.6 Å². The lowest BCUT2D eigenvalue weighted by atomic mass is 10.1. The lowest BCUT2D eigenvalue weighted by Gasteiger charge is -2.07. The predicted octanol–water partition coefficient (Wildman–Crippen LogP) is 2.76. The van der Waals surface area contributed by atoms with E-state index in [9.17, 15) is 4.79 Å². The molecule has 0 fully saturated rings. The van der Waals surface area contributed by atoms with E-state index in [1.165, 1.54) is 17.5 Å². The Kier molecular flexibility index (Phi) is 4.69. The molecule has 7 heteroatoms. The van der Waals surface area contributed by atoms with E-state index in [2.05, 4.69) is 51.6 Å². The van der Waals surface area contributed by atoms with Gasteiger partial charge in [-0.15, -0.1) is 0 Å². The third-order valence-corrected chi connectivity index (χ3v) is 3.57. The maximum atomic E-state index is 12.0. The fourth-order valence-corrected chi connectivity index (χ4v) is 2.34. The Morgan fingerprint density at radius 3 is 2.79 bits per heavy atom. The number of benzene rings is 1. The summed E-state index contributed by atoms with van der Waals surface area (Å²) < 4.78 is 10.1. The van der Waals surface area contributed by atoms with E-state index >= 15 is 0 Å². The molecule has 0 saturated heterocycles. The van der Waals surface area contributed by atoms with Crippen LogP contribution in [0.3, 0.4) is 0 Å². The summed E-state index contributed by atoms with van der Waals surface area (Å²) >= 11 is 0. The quantitative estimate of drug-likeness (QED) is 0.696. The molecule has 24 heavy (non-hydrogen) atoms. The summed E-state index contributed by atoms with van der Waals surface area (Å²) in [6.45, 7) is 4.71. The van der Waals surface area contributed by atoms with Gasteiger partial charge in [0.15, 0.2) is 0 Å². The number of carbonyl (C=O) groups is 1. The van der Waals surface area contributed by atoms with Crippen molar-refractivity contribution in [2.75, 3.05) is 18.5 Å². The number of nitrogens with one attached hydrogen (secondary N) is 1. The van der Waals surface area contributed by atoms with Crippen molar-refractivity contribution in [3.05, 3.63) is 47.4 Å². The summed E-state index contributed by atoms with van der Waals surface area (Å²) in [5.74, 6) is -0.0379. The average molecular weight is 326 g/mol. The molecule has 1 N–H and O–H groups in total. The molecule has 0 radical (unpaired) electrons. The zero-order chi connectivity index (χ0) is 16.9. The number of hydrogen-bond donors (Lipinski definition) is 1. The fraction of sp³-hybridized carbons (Fsp3) is 0.294. The molecular formula is C17H18N4O3. The van der Waals surface area contributed by atoms with E-state index in [-0.39, 0.29) is 18.0 Å². The van der Waals surface area contributed by atoms with Crippen molar-refractivity contribution in [1.29, 1.82) is 0 Å². The van der Waals surface area contributed by atoms with Crippen LogP contribution in [0.1, 0.15) is 28.5 Å². The highest BCUT2D eigenvalue weighted by atomic mass is 16.5. The number of ether oxygens (including phenoxy) is 1. The molecule has 124 valence electrons. The summed E-state index contributed by atoms with van der Waals surface area (Å²) in [6, 6.07) is 8.35. The Labute approximate surface area is 139 Å². The zero-order valence-electron chi connectivity index (χ0n) is 13.6. The second kappa shape index (κ2) is 7.08. The first-order valence-corrected chi connectivity index (χ1v) is 7.76. The maximum absolute atomic E-state index is 12.0. The molecule has 1 aromatic carbocycles. The Balaban J connectivity index is 1.77. The molecule has 0 aliphatic heterocycles. The average Bonchev–Trinajstić information content (AvgIpc) is 3.02. The van der Waals surface area contributed by atoms with Crippen molar-refractivity contribution in [3.8, 4) is 0 Å². The normalized spacial score (nSPS) is 10.8. The number of nitrogens with zero attached hydrogens (tertiary/aromatic N) is 3. The van der Waals surface area contributed by atoms with Gasteiger partial charge in [0.1, 0.15) is 17.5 Å². The fourth-order valence-electron chi connectivity index (χ4n) is 2.34. The van der Waals surface area contributed by atoms with Crippen molar-refractivity contribution in [1.82, 2.24) is 15.1 Å². The van der Waals surface area contributed by atoms with Gasteiger partial charge in [0, 0.05) is 6.54 Å². The lowest BCUT2D eigenvalue weighted by Crippen LogP contribution is -2.10. The van der Waals surface area contributed by atoms with Crippen LogP contribution in [0.4, 0.5) is 5.82 Å². The highest BCUT2D eigenvalue weighted by molar-refractivity contribution is 6.04. The van der Waals surface area contributed by atoms with E-state index in [1.807, 2.05) is 0 Å². The van der Waals surface area contributed by atoms with Crippen LogP contribution in [0.2, 0.25) is 0 Å². The number of anilines is 1. The summed E-state index contributed by atoms with van der Waals surface area (Å²) in [7, 11) is 0. The molecule has 0 aliphatic carbocycles. The van der Waals surface area contributed by atoms with Gasteiger partial charge in [-0.25, -0.2) is 9.78 Å². The Bertz CT molecular complexity index is 843. The first kappa shape index (κ1) is 15.9. The van der Waals surface area contributed by atoms with Crippen molar-refractivity contribution in [3.63, 3.8) is 0 Å². The van der Waals surface area contributed by atoms with Crippen molar-refractivity contribution >= 4 is 22.9 Å². The molecular weight excluding hydrogens is 308 g/mol. The summed E-state index contributed by atoms with van der Waals surface area (Å²) in [4.78, 5) is 20.2. The van der Waals surface area contributed by atoms with Crippen LogP contribution in [0.5, 0.6) is 0 Å². The van der Waals surface area contributed by atoms with E-state index in [1.54, 1.807) is 6.92 Å². The molecule has 7 nitrogen and oxygen atoms in total. The lowest BCUT2D eigenvalue weighted by molar-refractivity contribution is 0.0517. The third kappa shape index (κ3) is 3.34.